The summed E-state index contributed by atoms with van der Waals surface area (Å²) in [6, 6.07) is 28.2. The van der Waals surface area contributed by atoms with Crippen LogP contribution in [-0.2, 0) is 10.0 Å². The Hall–Kier alpha value is -3.91. The Morgan fingerprint density at radius 1 is 0.727 bits per heavy atom. The van der Waals surface area contributed by atoms with Crippen molar-refractivity contribution in [3.63, 3.8) is 0 Å². The van der Waals surface area contributed by atoms with E-state index in [-0.39, 0.29) is 10.7 Å². The van der Waals surface area contributed by atoms with Crippen molar-refractivity contribution in [2.24, 2.45) is 0 Å². The van der Waals surface area contributed by atoms with Crippen LogP contribution in [0.3, 0.4) is 0 Å². The Balaban J connectivity index is 1.55. The lowest BCUT2D eigenvalue weighted by Gasteiger charge is -2.14. The predicted octanol–water partition coefficient (Wildman–Crippen LogP) is 4.44. The van der Waals surface area contributed by atoms with Crippen molar-refractivity contribution in [1.29, 1.82) is 0 Å². The van der Waals surface area contributed by atoms with Crippen LogP contribution in [-0.4, -0.2) is 25.7 Å². The van der Waals surface area contributed by atoms with Crippen molar-refractivity contribution in [3.05, 3.63) is 91.0 Å². The van der Waals surface area contributed by atoms with Gasteiger partial charge >= 0.3 is 0 Å². The van der Waals surface area contributed by atoms with E-state index in [0.717, 1.165) is 29.2 Å². The topological polar surface area (TPSA) is 84.0 Å². The molecule has 0 saturated carbocycles. The van der Waals surface area contributed by atoms with E-state index < -0.39 is 10.0 Å². The van der Waals surface area contributed by atoms with Gasteiger partial charge in [-0.1, -0.05) is 66.9 Å². The maximum Gasteiger partial charge on any atom is 0.263 e. The van der Waals surface area contributed by atoms with Crippen molar-refractivity contribution >= 4 is 61.9 Å². The Kier molecular flexibility index (Phi) is 5.44. The second kappa shape index (κ2) is 8.56. The van der Waals surface area contributed by atoms with E-state index in [1.165, 1.54) is 0 Å². The van der Waals surface area contributed by atoms with Crippen LogP contribution in [0.4, 0.5) is 17.3 Å². The maximum atomic E-state index is 13.1. The number of nitrogens with one attached hydrogen (secondary N) is 2. The lowest BCUT2D eigenvalue weighted by molar-refractivity contribution is 0.601. The number of hydrogen-bond acceptors (Lipinski definition) is 5. The number of benzene rings is 4. The highest BCUT2D eigenvalue weighted by Crippen LogP contribution is 2.28. The highest BCUT2D eigenvalue weighted by Gasteiger charge is 2.19. The smallest absolute Gasteiger partial charge is 0.263 e. The van der Waals surface area contributed by atoms with Crippen molar-refractivity contribution in [1.82, 2.24) is 9.97 Å². The van der Waals surface area contributed by atoms with Gasteiger partial charge in [-0.25, -0.2) is 18.4 Å². The average molecular weight is 452 g/mol. The number of para-hydroxylation sites is 2. The first kappa shape index (κ1) is 21.0. The monoisotopic (exact) mass is 452 g/mol. The molecular weight excluding hydrogens is 431 g/mol. The fourth-order valence-electron chi connectivity index (χ4n) is 3.65. The lowest BCUT2D eigenvalue weighted by atomic mass is 9.74. The predicted molar refractivity (Wildman–Crippen MR) is 137 cm³/mol. The van der Waals surface area contributed by atoms with Gasteiger partial charge < -0.3 is 5.32 Å². The number of sulfonamides is 1. The first-order valence-corrected chi connectivity index (χ1v) is 12.1. The molecule has 0 aliphatic rings. The van der Waals surface area contributed by atoms with Gasteiger partial charge in [-0.2, -0.15) is 0 Å². The summed E-state index contributed by atoms with van der Waals surface area (Å²) in [6.45, 7) is 2.02. The van der Waals surface area contributed by atoms with E-state index in [9.17, 15) is 8.42 Å². The molecule has 1 heterocycles. The molecular formula is C25H21BN4O2S. The summed E-state index contributed by atoms with van der Waals surface area (Å²) in [6.07, 6.45) is 0. The largest absolute Gasteiger partial charge is 0.337 e. The number of fused-ring (bicyclic) bond motifs is 2. The van der Waals surface area contributed by atoms with Gasteiger partial charge in [0.15, 0.2) is 18.9 Å². The van der Waals surface area contributed by atoms with E-state index >= 15 is 0 Å². The number of aromatic nitrogens is 2. The third-order valence-corrected chi connectivity index (χ3v) is 6.81. The van der Waals surface area contributed by atoms with Gasteiger partial charge in [0.2, 0.25) is 0 Å². The third kappa shape index (κ3) is 4.38. The lowest BCUT2D eigenvalue weighted by Crippen LogP contribution is -2.17. The van der Waals surface area contributed by atoms with Gasteiger partial charge in [-0.3, -0.25) is 4.72 Å². The fourth-order valence-corrected chi connectivity index (χ4v) is 4.66. The summed E-state index contributed by atoms with van der Waals surface area (Å²) in [5, 5.41) is 5.43. The third-order valence-electron chi connectivity index (χ3n) is 5.46. The van der Waals surface area contributed by atoms with Crippen LogP contribution in [0.1, 0.15) is 0 Å². The highest BCUT2D eigenvalue weighted by molar-refractivity contribution is 7.92. The molecule has 0 saturated heterocycles. The van der Waals surface area contributed by atoms with Crippen LogP contribution in [0.5, 0.6) is 0 Å². The molecule has 5 rings (SSSR count). The Morgan fingerprint density at radius 3 is 2.06 bits per heavy atom. The molecule has 0 radical (unpaired) electrons. The molecule has 33 heavy (non-hydrogen) atoms. The molecule has 1 aromatic heterocycles. The molecule has 4 aromatic carbocycles. The first-order chi connectivity index (χ1) is 16.0. The van der Waals surface area contributed by atoms with Gasteiger partial charge in [0.25, 0.3) is 10.0 Å². The number of anilines is 3. The molecule has 5 aromatic rings. The molecule has 6 nitrogen and oxygen atoms in total. The quantitative estimate of drug-likeness (QED) is 0.372. The molecule has 0 fully saturated rings. The van der Waals surface area contributed by atoms with Crippen molar-refractivity contribution in [2.45, 2.75) is 11.7 Å². The molecule has 162 valence electrons. The standard InChI is InChI=1S/C25H21BN4O2S/c1-26-19-11-14-21(15-12-19)33(31,32)30-25-24(28-22-8-4-5-9-23(22)29-25)27-20-13-10-17-6-2-3-7-18(17)16-20/h2-16,26H,1H3,(H,27,28)(H,29,30). The van der Waals surface area contributed by atoms with Gasteiger partial charge in [0.05, 0.1) is 15.9 Å². The van der Waals surface area contributed by atoms with Crippen molar-refractivity contribution in [2.75, 3.05) is 10.0 Å². The molecule has 0 amide bonds. The number of nitrogens with zero attached hydrogens (tertiary/aromatic N) is 2. The Morgan fingerprint density at radius 2 is 1.36 bits per heavy atom. The fraction of sp³-hybridized carbons (Fsp3) is 0.0400. The highest BCUT2D eigenvalue weighted by atomic mass is 32.2. The van der Waals surface area contributed by atoms with Gasteiger partial charge in [-0.05, 0) is 47.2 Å². The number of rotatable bonds is 6. The molecule has 0 unspecified atom stereocenters. The average Bonchev–Trinajstić information content (AvgIpc) is 2.84. The maximum absolute atomic E-state index is 13.1. The molecule has 2 N–H and O–H groups in total. The summed E-state index contributed by atoms with van der Waals surface area (Å²) in [5.41, 5.74) is 3.11. The minimum atomic E-state index is -3.85. The molecule has 8 heteroatoms. The molecule has 0 atom stereocenters. The van der Waals surface area contributed by atoms with Crippen LogP contribution in [0.15, 0.2) is 95.9 Å². The zero-order valence-corrected chi connectivity index (χ0v) is 18.8. The van der Waals surface area contributed by atoms with Crippen LogP contribution in [0.25, 0.3) is 21.8 Å². The second-order valence-electron chi connectivity index (χ2n) is 7.70. The minimum Gasteiger partial charge on any atom is -0.337 e. The van der Waals surface area contributed by atoms with E-state index in [4.69, 9.17) is 0 Å². The van der Waals surface area contributed by atoms with Crippen LogP contribution >= 0.6 is 0 Å². The van der Waals surface area contributed by atoms with E-state index in [1.54, 1.807) is 18.2 Å². The first-order valence-electron chi connectivity index (χ1n) is 10.7. The van der Waals surface area contributed by atoms with Crippen molar-refractivity contribution in [3.8, 4) is 0 Å². The molecule has 0 aliphatic carbocycles. The van der Waals surface area contributed by atoms with Crippen LogP contribution in [0, 0.1) is 0 Å². The minimum absolute atomic E-state index is 0.140. The summed E-state index contributed by atoms with van der Waals surface area (Å²) in [7, 11) is -3.01. The van der Waals surface area contributed by atoms with E-state index in [0.29, 0.717) is 16.9 Å². The van der Waals surface area contributed by atoms with Gasteiger partial charge in [0, 0.05) is 5.69 Å². The normalized spacial score (nSPS) is 11.4. The van der Waals surface area contributed by atoms with E-state index in [1.807, 2.05) is 79.6 Å². The summed E-state index contributed by atoms with van der Waals surface area (Å²) in [4.78, 5) is 9.39. The SMILES string of the molecule is CBc1ccc(S(=O)(=O)Nc2nc3ccccc3nc2Nc2ccc3ccccc3c2)cc1. The Bertz CT molecular complexity index is 1570. The summed E-state index contributed by atoms with van der Waals surface area (Å²) >= 11 is 0. The Labute approximate surface area is 193 Å². The van der Waals surface area contributed by atoms with E-state index in [2.05, 4.69) is 20.0 Å². The zero-order chi connectivity index (χ0) is 22.8. The molecule has 0 spiro atoms. The summed E-state index contributed by atoms with van der Waals surface area (Å²) in [5.74, 6) is 0.471. The van der Waals surface area contributed by atoms with Gasteiger partial charge in [-0.15, -0.1) is 0 Å². The van der Waals surface area contributed by atoms with Crippen LogP contribution < -0.4 is 15.5 Å². The van der Waals surface area contributed by atoms with Gasteiger partial charge in [0.1, 0.15) is 0 Å². The zero-order valence-electron chi connectivity index (χ0n) is 18.0. The summed E-state index contributed by atoms with van der Waals surface area (Å²) < 4.78 is 28.8. The van der Waals surface area contributed by atoms with Crippen molar-refractivity contribution < 1.29 is 8.42 Å². The molecule has 0 aliphatic heterocycles. The van der Waals surface area contributed by atoms with Crippen LogP contribution in [0.2, 0.25) is 6.82 Å². The molecule has 0 bridgehead atoms. The second-order valence-corrected chi connectivity index (χ2v) is 9.38. The number of hydrogen-bond donors (Lipinski definition) is 2.